The molecule has 1 aromatic heterocycles. The van der Waals surface area contributed by atoms with Crippen molar-refractivity contribution in [3.05, 3.63) is 71.7 Å². The number of halogens is 1. The molecule has 0 fully saturated rings. The number of carbonyl (C=O) groups is 1. The zero-order chi connectivity index (χ0) is 18.4. The van der Waals surface area contributed by atoms with E-state index in [2.05, 4.69) is 30.6 Å². The van der Waals surface area contributed by atoms with Crippen molar-refractivity contribution in [3.8, 4) is 0 Å². The Kier molecular flexibility index (Phi) is 5.33. The van der Waals surface area contributed by atoms with Crippen LogP contribution in [-0.2, 0) is 11.3 Å². The Labute approximate surface area is 149 Å². The Morgan fingerprint density at radius 1 is 1.12 bits per heavy atom. The topological polar surface area (TPSA) is 89.0 Å². The van der Waals surface area contributed by atoms with Crippen molar-refractivity contribution in [2.75, 3.05) is 17.7 Å². The summed E-state index contributed by atoms with van der Waals surface area (Å²) in [6.07, 6.45) is 1.48. The highest BCUT2D eigenvalue weighted by Crippen LogP contribution is 2.16. The Balaban J connectivity index is 1.63. The van der Waals surface area contributed by atoms with Crippen molar-refractivity contribution in [1.29, 1.82) is 0 Å². The SMILES string of the molecule is COC(=O)c1ccc(Nc2cnnc(NCc3ccc(F)cc3)n2)cc1. The van der Waals surface area contributed by atoms with E-state index in [1.165, 1.54) is 25.4 Å². The lowest BCUT2D eigenvalue weighted by molar-refractivity contribution is 0.0601. The molecule has 2 aromatic carbocycles. The minimum absolute atomic E-state index is 0.281. The van der Waals surface area contributed by atoms with Crippen molar-refractivity contribution in [3.63, 3.8) is 0 Å². The second-order valence-electron chi connectivity index (χ2n) is 5.34. The third-order valence-electron chi connectivity index (χ3n) is 3.50. The number of anilines is 3. The zero-order valence-corrected chi connectivity index (χ0v) is 13.9. The van der Waals surface area contributed by atoms with E-state index in [1.807, 2.05) is 0 Å². The van der Waals surface area contributed by atoms with Crippen LogP contribution in [0.2, 0.25) is 0 Å². The molecule has 3 rings (SSSR count). The number of rotatable bonds is 6. The summed E-state index contributed by atoms with van der Waals surface area (Å²) in [6, 6.07) is 12.9. The quantitative estimate of drug-likeness (QED) is 0.658. The standard InChI is InChI=1S/C18H16FN5O2/c1-26-17(25)13-4-8-15(9-5-13)22-16-11-21-24-18(23-16)20-10-12-2-6-14(19)7-3-12/h2-9,11H,10H2,1H3,(H2,20,22,23,24). The first-order valence-electron chi connectivity index (χ1n) is 7.77. The molecule has 0 amide bonds. The molecule has 0 unspecified atom stereocenters. The fourth-order valence-electron chi connectivity index (χ4n) is 2.18. The Morgan fingerprint density at radius 3 is 2.54 bits per heavy atom. The number of nitrogens with zero attached hydrogens (tertiary/aromatic N) is 3. The smallest absolute Gasteiger partial charge is 0.337 e. The van der Waals surface area contributed by atoms with E-state index in [-0.39, 0.29) is 5.82 Å². The molecule has 0 radical (unpaired) electrons. The predicted molar refractivity (Wildman–Crippen MR) is 94.6 cm³/mol. The van der Waals surface area contributed by atoms with Gasteiger partial charge in [0.1, 0.15) is 5.82 Å². The molecular formula is C18H16FN5O2. The monoisotopic (exact) mass is 353 g/mol. The molecule has 0 atom stereocenters. The van der Waals surface area contributed by atoms with Gasteiger partial charge in [0.2, 0.25) is 5.95 Å². The van der Waals surface area contributed by atoms with Crippen LogP contribution in [0.3, 0.4) is 0 Å². The largest absolute Gasteiger partial charge is 0.465 e. The fourth-order valence-corrected chi connectivity index (χ4v) is 2.18. The number of hydrogen-bond acceptors (Lipinski definition) is 7. The molecule has 0 saturated carbocycles. The van der Waals surface area contributed by atoms with Crippen molar-refractivity contribution < 1.29 is 13.9 Å². The highest BCUT2D eigenvalue weighted by Gasteiger charge is 2.06. The maximum Gasteiger partial charge on any atom is 0.337 e. The Hall–Kier alpha value is -3.55. The summed E-state index contributed by atoms with van der Waals surface area (Å²) in [5.74, 6) is 0.154. The van der Waals surface area contributed by atoms with E-state index >= 15 is 0 Å². The summed E-state index contributed by atoms with van der Waals surface area (Å²) in [7, 11) is 1.33. The highest BCUT2D eigenvalue weighted by atomic mass is 19.1. The molecule has 7 nitrogen and oxygen atoms in total. The summed E-state index contributed by atoms with van der Waals surface area (Å²) < 4.78 is 17.6. The number of benzene rings is 2. The average molecular weight is 353 g/mol. The van der Waals surface area contributed by atoms with Crippen molar-refractivity contribution in [1.82, 2.24) is 15.2 Å². The molecule has 1 heterocycles. The van der Waals surface area contributed by atoms with Crippen LogP contribution in [0.15, 0.2) is 54.7 Å². The number of hydrogen-bond donors (Lipinski definition) is 2. The first kappa shape index (κ1) is 17.3. The number of nitrogens with one attached hydrogen (secondary N) is 2. The van der Waals surface area contributed by atoms with Gasteiger partial charge in [-0.2, -0.15) is 10.1 Å². The second kappa shape index (κ2) is 8.02. The fraction of sp³-hybridized carbons (Fsp3) is 0.111. The molecule has 0 spiro atoms. The molecule has 26 heavy (non-hydrogen) atoms. The van der Waals surface area contributed by atoms with Gasteiger partial charge >= 0.3 is 5.97 Å². The van der Waals surface area contributed by atoms with Gasteiger partial charge in [-0.1, -0.05) is 12.1 Å². The normalized spacial score (nSPS) is 10.2. The first-order chi connectivity index (χ1) is 12.6. The third-order valence-corrected chi connectivity index (χ3v) is 3.50. The minimum Gasteiger partial charge on any atom is -0.465 e. The summed E-state index contributed by atoms with van der Waals surface area (Å²) in [6.45, 7) is 0.444. The highest BCUT2D eigenvalue weighted by molar-refractivity contribution is 5.89. The van der Waals surface area contributed by atoms with Gasteiger partial charge in [-0.15, -0.1) is 5.10 Å². The van der Waals surface area contributed by atoms with E-state index in [9.17, 15) is 9.18 Å². The van der Waals surface area contributed by atoms with Crippen LogP contribution < -0.4 is 10.6 Å². The molecule has 0 aliphatic carbocycles. The van der Waals surface area contributed by atoms with Crippen LogP contribution in [0, 0.1) is 5.82 Å². The predicted octanol–water partition coefficient (Wildman–Crippen LogP) is 3.15. The third kappa shape index (κ3) is 4.50. The van der Waals surface area contributed by atoms with Crippen molar-refractivity contribution in [2.24, 2.45) is 0 Å². The molecule has 0 aliphatic heterocycles. The van der Waals surface area contributed by atoms with Crippen LogP contribution in [0.1, 0.15) is 15.9 Å². The number of esters is 1. The maximum absolute atomic E-state index is 12.9. The van der Waals surface area contributed by atoms with Crippen LogP contribution >= 0.6 is 0 Å². The van der Waals surface area contributed by atoms with Crippen LogP contribution in [0.5, 0.6) is 0 Å². The van der Waals surface area contributed by atoms with Crippen molar-refractivity contribution in [2.45, 2.75) is 6.54 Å². The number of carbonyl (C=O) groups excluding carboxylic acids is 1. The van der Waals surface area contributed by atoms with E-state index in [0.717, 1.165) is 11.3 Å². The number of aromatic nitrogens is 3. The average Bonchev–Trinajstić information content (AvgIpc) is 2.68. The van der Waals surface area contributed by atoms with E-state index in [1.54, 1.807) is 36.4 Å². The van der Waals surface area contributed by atoms with Crippen LogP contribution in [0.25, 0.3) is 0 Å². The van der Waals surface area contributed by atoms with Gasteiger partial charge in [-0.05, 0) is 42.0 Å². The summed E-state index contributed by atoms with van der Waals surface area (Å²) in [5, 5.41) is 13.9. The van der Waals surface area contributed by atoms with Crippen LogP contribution in [0.4, 0.5) is 21.8 Å². The number of ether oxygens (including phenoxy) is 1. The summed E-state index contributed by atoms with van der Waals surface area (Å²) in [5.41, 5.74) is 2.09. The van der Waals surface area contributed by atoms with Crippen LogP contribution in [-0.4, -0.2) is 28.3 Å². The molecule has 8 heteroatoms. The lowest BCUT2D eigenvalue weighted by Gasteiger charge is -2.08. The summed E-state index contributed by atoms with van der Waals surface area (Å²) >= 11 is 0. The Morgan fingerprint density at radius 2 is 1.85 bits per heavy atom. The molecular weight excluding hydrogens is 337 g/mol. The molecule has 132 valence electrons. The van der Waals surface area contributed by atoms with E-state index in [4.69, 9.17) is 0 Å². The first-order valence-corrected chi connectivity index (χ1v) is 7.77. The molecule has 0 saturated heterocycles. The van der Waals surface area contributed by atoms with Gasteiger partial charge in [0.15, 0.2) is 5.82 Å². The van der Waals surface area contributed by atoms with Crippen molar-refractivity contribution >= 4 is 23.4 Å². The maximum atomic E-state index is 12.9. The minimum atomic E-state index is -0.396. The van der Waals surface area contributed by atoms with E-state index in [0.29, 0.717) is 23.9 Å². The van der Waals surface area contributed by atoms with Gasteiger partial charge in [-0.25, -0.2) is 9.18 Å². The molecule has 3 aromatic rings. The molecule has 0 aliphatic rings. The van der Waals surface area contributed by atoms with Gasteiger partial charge in [-0.3, -0.25) is 0 Å². The lowest BCUT2D eigenvalue weighted by Crippen LogP contribution is -2.06. The van der Waals surface area contributed by atoms with Gasteiger partial charge < -0.3 is 15.4 Å². The second-order valence-corrected chi connectivity index (χ2v) is 5.34. The van der Waals surface area contributed by atoms with Gasteiger partial charge in [0, 0.05) is 12.2 Å². The summed E-state index contributed by atoms with van der Waals surface area (Å²) in [4.78, 5) is 15.7. The molecule has 0 bridgehead atoms. The van der Waals surface area contributed by atoms with E-state index < -0.39 is 5.97 Å². The molecule has 2 N–H and O–H groups in total. The van der Waals surface area contributed by atoms with Gasteiger partial charge in [0.25, 0.3) is 0 Å². The zero-order valence-electron chi connectivity index (χ0n) is 13.9. The lowest BCUT2D eigenvalue weighted by atomic mass is 10.2. The number of methoxy groups -OCH3 is 1. The van der Waals surface area contributed by atoms with Gasteiger partial charge in [0.05, 0.1) is 18.9 Å². The Bertz CT molecular complexity index is 885.